The lowest BCUT2D eigenvalue weighted by Gasteiger charge is -2.22. The summed E-state index contributed by atoms with van der Waals surface area (Å²) >= 11 is 3.55. The second kappa shape index (κ2) is 4.52. The molecule has 0 aliphatic heterocycles. The lowest BCUT2D eigenvalue weighted by atomic mass is 9.85. The van der Waals surface area contributed by atoms with Gasteiger partial charge in [-0.1, -0.05) is 33.6 Å². The van der Waals surface area contributed by atoms with Gasteiger partial charge in [0.25, 0.3) is 0 Å². The molecule has 1 rings (SSSR count). The Labute approximate surface area is 95.0 Å². The number of unbranched alkanes of at least 4 members (excludes halogenated alkanes) is 1. The molecule has 0 atom stereocenters. The zero-order valence-corrected chi connectivity index (χ0v) is 11.1. The Morgan fingerprint density at radius 1 is 1.43 bits per heavy atom. The van der Waals surface area contributed by atoms with E-state index in [0.29, 0.717) is 0 Å². The van der Waals surface area contributed by atoms with Gasteiger partial charge in [-0.05, 0) is 35.3 Å². The van der Waals surface area contributed by atoms with Crippen LogP contribution in [0.4, 0.5) is 0 Å². The van der Waals surface area contributed by atoms with Crippen molar-refractivity contribution in [3.63, 3.8) is 0 Å². The summed E-state index contributed by atoms with van der Waals surface area (Å²) < 4.78 is 6.84. The van der Waals surface area contributed by atoms with E-state index in [0.717, 1.165) is 16.0 Å². The van der Waals surface area contributed by atoms with Gasteiger partial charge >= 0.3 is 0 Å². The first-order chi connectivity index (χ1) is 6.47. The average molecular weight is 259 g/mol. The third kappa shape index (κ3) is 2.63. The molecule has 2 heteroatoms. The summed E-state index contributed by atoms with van der Waals surface area (Å²) in [5.41, 5.74) is 0.142. The number of hydrogen-bond acceptors (Lipinski definition) is 1. The van der Waals surface area contributed by atoms with E-state index < -0.39 is 0 Å². The minimum Gasteiger partial charge on any atom is -0.465 e. The lowest BCUT2D eigenvalue weighted by molar-refractivity contribution is 0.345. The van der Waals surface area contributed by atoms with Crippen LogP contribution in [0.2, 0.25) is 0 Å². The Bertz CT molecular complexity index is 299. The van der Waals surface area contributed by atoms with Gasteiger partial charge in [0.15, 0.2) is 0 Å². The van der Waals surface area contributed by atoms with E-state index in [9.17, 15) is 0 Å². The third-order valence-electron chi connectivity index (χ3n) is 2.58. The van der Waals surface area contributed by atoms with Crippen LogP contribution in [0.15, 0.2) is 15.0 Å². The largest absolute Gasteiger partial charge is 0.465 e. The van der Waals surface area contributed by atoms with Crippen LogP contribution in [0.25, 0.3) is 0 Å². The third-order valence-corrected chi connectivity index (χ3v) is 3.17. The summed E-state index contributed by atoms with van der Waals surface area (Å²) in [6.45, 7) is 8.69. The smallest absolute Gasteiger partial charge is 0.123 e. The van der Waals surface area contributed by atoms with Gasteiger partial charge in [0.05, 0.1) is 4.47 Å². The van der Waals surface area contributed by atoms with Crippen LogP contribution >= 0.6 is 15.9 Å². The van der Waals surface area contributed by atoms with Crippen LogP contribution in [0, 0.1) is 6.92 Å². The molecule has 0 N–H and O–H groups in total. The summed E-state index contributed by atoms with van der Waals surface area (Å²) in [4.78, 5) is 0. The fraction of sp³-hybridized carbons (Fsp3) is 0.667. The Hall–Kier alpha value is -0.240. The standard InChI is InChI=1S/C12H19BrO/c1-5-6-7-12(3,4)11-10(13)8-9(2)14-11/h8H,5-7H2,1-4H3. The van der Waals surface area contributed by atoms with Crippen molar-refractivity contribution in [3.05, 3.63) is 22.1 Å². The summed E-state index contributed by atoms with van der Waals surface area (Å²) in [6, 6.07) is 2.04. The molecule has 0 spiro atoms. The molecule has 80 valence electrons. The van der Waals surface area contributed by atoms with E-state index in [1.807, 2.05) is 13.0 Å². The van der Waals surface area contributed by atoms with Gasteiger partial charge in [-0.3, -0.25) is 0 Å². The predicted octanol–water partition coefficient (Wildman–Crippen LogP) is 4.82. The van der Waals surface area contributed by atoms with Gasteiger partial charge < -0.3 is 4.42 Å². The topological polar surface area (TPSA) is 13.1 Å². The molecule has 0 aliphatic carbocycles. The van der Waals surface area contributed by atoms with Crippen LogP contribution in [0.5, 0.6) is 0 Å². The number of aryl methyl sites for hydroxylation is 1. The second-order valence-electron chi connectivity index (χ2n) is 4.52. The molecule has 1 nitrogen and oxygen atoms in total. The Morgan fingerprint density at radius 3 is 2.50 bits per heavy atom. The van der Waals surface area contributed by atoms with Crippen LogP contribution in [-0.4, -0.2) is 0 Å². The first kappa shape index (κ1) is 11.8. The van der Waals surface area contributed by atoms with Crippen LogP contribution in [0.1, 0.15) is 51.6 Å². The zero-order chi connectivity index (χ0) is 10.8. The highest BCUT2D eigenvalue weighted by atomic mass is 79.9. The number of furan rings is 1. The van der Waals surface area contributed by atoms with Crippen LogP contribution < -0.4 is 0 Å². The first-order valence-electron chi connectivity index (χ1n) is 5.24. The lowest BCUT2D eigenvalue weighted by Crippen LogP contribution is -2.16. The van der Waals surface area contributed by atoms with Gasteiger partial charge in [-0.25, -0.2) is 0 Å². The number of rotatable bonds is 4. The molecular weight excluding hydrogens is 240 g/mol. The minimum atomic E-state index is 0.142. The summed E-state index contributed by atoms with van der Waals surface area (Å²) in [6.07, 6.45) is 3.66. The van der Waals surface area contributed by atoms with Crippen molar-refractivity contribution in [1.29, 1.82) is 0 Å². The van der Waals surface area contributed by atoms with E-state index in [4.69, 9.17) is 4.42 Å². The van der Waals surface area contributed by atoms with Crippen molar-refractivity contribution >= 4 is 15.9 Å². The molecule has 0 saturated carbocycles. The molecule has 1 aromatic heterocycles. The van der Waals surface area contributed by atoms with Crippen molar-refractivity contribution < 1.29 is 4.42 Å². The maximum absolute atomic E-state index is 5.73. The zero-order valence-electron chi connectivity index (χ0n) is 9.48. The van der Waals surface area contributed by atoms with E-state index in [-0.39, 0.29) is 5.41 Å². The molecule has 0 radical (unpaired) electrons. The molecule has 0 fully saturated rings. The van der Waals surface area contributed by atoms with E-state index in [1.165, 1.54) is 19.3 Å². The van der Waals surface area contributed by atoms with Crippen LogP contribution in [0.3, 0.4) is 0 Å². The molecule has 1 heterocycles. The number of halogens is 1. The van der Waals surface area contributed by atoms with Crippen molar-refractivity contribution in [2.24, 2.45) is 0 Å². The maximum Gasteiger partial charge on any atom is 0.123 e. The summed E-state index contributed by atoms with van der Waals surface area (Å²) in [5, 5.41) is 0. The highest BCUT2D eigenvalue weighted by molar-refractivity contribution is 9.10. The molecule has 14 heavy (non-hydrogen) atoms. The quantitative estimate of drug-likeness (QED) is 0.755. The van der Waals surface area contributed by atoms with Crippen molar-refractivity contribution in [2.75, 3.05) is 0 Å². The Morgan fingerprint density at radius 2 is 2.07 bits per heavy atom. The van der Waals surface area contributed by atoms with Crippen molar-refractivity contribution in [2.45, 2.75) is 52.4 Å². The molecule has 0 aliphatic rings. The van der Waals surface area contributed by atoms with Gasteiger partial charge in [0.1, 0.15) is 11.5 Å². The van der Waals surface area contributed by atoms with Gasteiger partial charge in [0.2, 0.25) is 0 Å². The molecule has 0 saturated heterocycles. The van der Waals surface area contributed by atoms with Gasteiger partial charge in [-0.2, -0.15) is 0 Å². The van der Waals surface area contributed by atoms with Crippen molar-refractivity contribution in [3.8, 4) is 0 Å². The molecule has 0 unspecified atom stereocenters. The fourth-order valence-corrected chi connectivity index (χ4v) is 2.62. The predicted molar refractivity (Wildman–Crippen MR) is 63.7 cm³/mol. The minimum absolute atomic E-state index is 0.142. The van der Waals surface area contributed by atoms with Crippen LogP contribution in [-0.2, 0) is 5.41 Å². The monoisotopic (exact) mass is 258 g/mol. The van der Waals surface area contributed by atoms with E-state index in [2.05, 4.69) is 36.7 Å². The van der Waals surface area contributed by atoms with E-state index in [1.54, 1.807) is 0 Å². The number of hydrogen-bond donors (Lipinski definition) is 0. The normalized spacial score (nSPS) is 12.1. The van der Waals surface area contributed by atoms with Gasteiger partial charge in [0, 0.05) is 5.41 Å². The SMILES string of the molecule is CCCCC(C)(C)c1oc(C)cc1Br. The molecule has 1 aromatic rings. The van der Waals surface area contributed by atoms with E-state index >= 15 is 0 Å². The maximum atomic E-state index is 5.73. The average Bonchev–Trinajstić information content (AvgIpc) is 2.42. The molecule has 0 amide bonds. The molecular formula is C12H19BrO. The fourth-order valence-electron chi connectivity index (χ4n) is 1.68. The highest BCUT2D eigenvalue weighted by Gasteiger charge is 2.26. The Balaban J connectivity index is 2.85. The van der Waals surface area contributed by atoms with Crippen molar-refractivity contribution in [1.82, 2.24) is 0 Å². The first-order valence-corrected chi connectivity index (χ1v) is 6.03. The second-order valence-corrected chi connectivity index (χ2v) is 5.38. The molecule has 0 aromatic carbocycles. The summed E-state index contributed by atoms with van der Waals surface area (Å²) in [5.74, 6) is 2.07. The van der Waals surface area contributed by atoms with Gasteiger partial charge in [-0.15, -0.1) is 0 Å². The Kier molecular flexibility index (Phi) is 3.82. The molecule has 0 bridgehead atoms. The summed E-state index contributed by atoms with van der Waals surface area (Å²) in [7, 11) is 0. The highest BCUT2D eigenvalue weighted by Crippen LogP contribution is 2.36.